The predicted molar refractivity (Wildman–Crippen MR) is 57.7 cm³/mol. The van der Waals surface area contributed by atoms with Gasteiger partial charge in [0, 0.05) is 0 Å². The van der Waals surface area contributed by atoms with E-state index >= 15 is 0 Å². The van der Waals surface area contributed by atoms with Gasteiger partial charge < -0.3 is 5.73 Å². The van der Waals surface area contributed by atoms with E-state index in [1.165, 1.54) is 4.41 Å². The standard InChI is InChI=1S/C7H9N3S2/c8-7(11)10(12)9-6-4-2-1-3-5-6/h1-5,9,12H,(H2,8,11). The monoisotopic (exact) mass is 199 g/mol. The molecule has 1 aromatic carbocycles. The molecule has 0 saturated carbocycles. The van der Waals surface area contributed by atoms with Gasteiger partial charge in [-0.2, -0.15) is 0 Å². The molecule has 0 heterocycles. The summed E-state index contributed by atoms with van der Waals surface area (Å²) in [6, 6.07) is 9.52. The summed E-state index contributed by atoms with van der Waals surface area (Å²) in [5.74, 6) is 0. The Bertz CT molecular complexity index is 263. The molecule has 64 valence electrons. The lowest BCUT2D eigenvalue weighted by Crippen LogP contribution is -2.32. The first-order valence-corrected chi connectivity index (χ1v) is 4.11. The van der Waals surface area contributed by atoms with Crippen molar-refractivity contribution in [2.45, 2.75) is 0 Å². The Morgan fingerprint density at radius 2 is 2.00 bits per heavy atom. The Balaban J connectivity index is 2.58. The number of hydrogen-bond acceptors (Lipinski definition) is 3. The molecule has 0 bridgehead atoms. The van der Waals surface area contributed by atoms with E-state index in [2.05, 4.69) is 30.5 Å². The zero-order chi connectivity index (χ0) is 8.97. The maximum absolute atomic E-state index is 5.30. The average molecular weight is 199 g/mol. The van der Waals surface area contributed by atoms with Crippen molar-refractivity contribution < 1.29 is 0 Å². The molecule has 1 rings (SSSR count). The summed E-state index contributed by atoms with van der Waals surface area (Å²) < 4.78 is 1.28. The van der Waals surface area contributed by atoms with E-state index in [9.17, 15) is 0 Å². The van der Waals surface area contributed by atoms with Crippen molar-refractivity contribution in [3.8, 4) is 0 Å². The van der Waals surface area contributed by atoms with Crippen molar-refractivity contribution in [2.24, 2.45) is 5.73 Å². The number of thiol groups is 1. The molecule has 0 amide bonds. The second-order valence-electron chi connectivity index (χ2n) is 2.13. The number of nitrogens with two attached hydrogens (primary N) is 1. The van der Waals surface area contributed by atoms with Crippen molar-refractivity contribution >= 4 is 35.8 Å². The van der Waals surface area contributed by atoms with Gasteiger partial charge in [-0.05, 0) is 37.2 Å². The molecule has 0 fully saturated rings. The van der Waals surface area contributed by atoms with E-state index in [1.54, 1.807) is 0 Å². The Morgan fingerprint density at radius 3 is 2.50 bits per heavy atom. The quantitative estimate of drug-likeness (QED) is 0.383. The van der Waals surface area contributed by atoms with Crippen LogP contribution in [0.2, 0.25) is 0 Å². The zero-order valence-corrected chi connectivity index (χ0v) is 7.98. The highest BCUT2D eigenvalue weighted by Gasteiger charge is 1.98. The molecular formula is C7H9N3S2. The number of thiocarbonyl (C=S) groups is 1. The molecule has 5 heteroatoms. The number of nitrogens with one attached hydrogen (secondary N) is 1. The van der Waals surface area contributed by atoms with Gasteiger partial charge in [0.05, 0.1) is 5.69 Å². The molecule has 0 aromatic heterocycles. The van der Waals surface area contributed by atoms with Gasteiger partial charge in [-0.15, -0.1) is 0 Å². The topological polar surface area (TPSA) is 41.3 Å². The molecule has 3 nitrogen and oxygen atoms in total. The molecule has 0 aliphatic carbocycles. The van der Waals surface area contributed by atoms with E-state index in [-0.39, 0.29) is 5.11 Å². The molecule has 0 atom stereocenters. The SMILES string of the molecule is NC(=S)N(S)Nc1ccccc1. The lowest BCUT2D eigenvalue weighted by Gasteiger charge is -2.16. The fourth-order valence-electron chi connectivity index (χ4n) is 0.690. The molecule has 12 heavy (non-hydrogen) atoms. The Morgan fingerprint density at radius 1 is 1.42 bits per heavy atom. The van der Waals surface area contributed by atoms with Gasteiger partial charge in [0.2, 0.25) is 0 Å². The third-order valence-electron chi connectivity index (χ3n) is 1.22. The number of benzene rings is 1. The molecule has 0 unspecified atom stereocenters. The lowest BCUT2D eigenvalue weighted by molar-refractivity contribution is 0.836. The van der Waals surface area contributed by atoms with Crippen LogP contribution in [0.1, 0.15) is 0 Å². The highest BCUT2D eigenvalue weighted by atomic mass is 32.1. The normalized spacial score (nSPS) is 9.08. The molecule has 0 aliphatic rings. The third-order valence-corrected chi connectivity index (χ3v) is 1.85. The van der Waals surface area contributed by atoms with Crippen molar-refractivity contribution in [3.63, 3.8) is 0 Å². The molecule has 0 saturated heterocycles. The summed E-state index contributed by atoms with van der Waals surface area (Å²) >= 11 is 8.67. The molecule has 3 N–H and O–H groups in total. The zero-order valence-electron chi connectivity index (χ0n) is 6.27. The van der Waals surface area contributed by atoms with Gasteiger partial charge in [0.25, 0.3) is 0 Å². The average Bonchev–Trinajstić information content (AvgIpc) is 2.06. The number of hydrazine groups is 1. The molecular weight excluding hydrogens is 190 g/mol. The van der Waals surface area contributed by atoms with E-state index in [1.807, 2.05) is 30.3 Å². The van der Waals surface area contributed by atoms with Crippen molar-refractivity contribution in [1.82, 2.24) is 4.41 Å². The summed E-state index contributed by atoms with van der Waals surface area (Å²) in [5.41, 5.74) is 9.06. The number of nitrogens with zero attached hydrogens (tertiary/aromatic N) is 1. The van der Waals surface area contributed by atoms with Crippen LogP contribution in [0.3, 0.4) is 0 Å². The molecule has 0 radical (unpaired) electrons. The van der Waals surface area contributed by atoms with Crippen molar-refractivity contribution in [1.29, 1.82) is 0 Å². The minimum absolute atomic E-state index is 0.183. The van der Waals surface area contributed by atoms with Gasteiger partial charge in [0.15, 0.2) is 5.11 Å². The van der Waals surface area contributed by atoms with Crippen LogP contribution in [0.4, 0.5) is 5.69 Å². The predicted octanol–water partition coefficient (Wildman–Crippen LogP) is 1.40. The van der Waals surface area contributed by atoms with Crippen LogP contribution in [-0.4, -0.2) is 9.53 Å². The first-order chi connectivity index (χ1) is 5.70. The van der Waals surface area contributed by atoms with Crippen LogP contribution in [-0.2, 0) is 0 Å². The fourth-order valence-corrected chi connectivity index (χ4v) is 0.851. The lowest BCUT2D eigenvalue weighted by atomic mass is 10.3. The van der Waals surface area contributed by atoms with E-state index < -0.39 is 0 Å². The van der Waals surface area contributed by atoms with Crippen molar-refractivity contribution in [2.75, 3.05) is 5.43 Å². The van der Waals surface area contributed by atoms with Crippen LogP contribution >= 0.6 is 25.0 Å². The highest BCUT2D eigenvalue weighted by Crippen LogP contribution is 2.07. The summed E-state index contributed by atoms with van der Waals surface area (Å²) in [5, 5.41) is 0.183. The van der Waals surface area contributed by atoms with Crippen LogP contribution in [0, 0.1) is 0 Å². The molecule has 1 aromatic rings. The summed E-state index contributed by atoms with van der Waals surface area (Å²) in [6.07, 6.45) is 0. The summed E-state index contributed by atoms with van der Waals surface area (Å²) in [4.78, 5) is 0. The Kier molecular flexibility index (Phi) is 3.19. The molecule has 0 aliphatic heterocycles. The first-order valence-electron chi connectivity index (χ1n) is 3.30. The van der Waals surface area contributed by atoms with Crippen LogP contribution in [0.15, 0.2) is 30.3 Å². The summed E-state index contributed by atoms with van der Waals surface area (Å²) in [7, 11) is 0. The van der Waals surface area contributed by atoms with Crippen LogP contribution in [0.25, 0.3) is 0 Å². The first kappa shape index (κ1) is 9.15. The maximum atomic E-state index is 5.30. The van der Waals surface area contributed by atoms with E-state index in [0.29, 0.717) is 0 Å². The minimum atomic E-state index is 0.183. The van der Waals surface area contributed by atoms with Gasteiger partial charge in [-0.25, -0.2) is 4.41 Å². The van der Waals surface area contributed by atoms with E-state index in [4.69, 9.17) is 5.73 Å². The van der Waals surface area contributed by atoms with Gasteiger partial charge in [0.1, 0.15) is 0 Å². The Hall–Kier alpha value is -0.940. The smallest absolute Gasteiger partial charge is 0.195 e. The van der Waals surface area contributed by atoms with Crippen LogP contribution in [0.5, 0.6) is 0 Å². The largest absolute Gasteiger partial charge is 0.374 e. The maximum Gasteiger partial charge on any atom is 0.195 e. The van der Waals surface area contributed by atoms with Gasteiger partial charge in [-0.3, -0.25) is 5.43 Å². The minimum Gasteiger partial charge on any atom is -0.374 e. The Labute approximate surface area is 82.1 Å². The second-order valence-corrected chi connectivity index (χ2v) is 2.95. The number of para-hydroxylation sites is 1. The second kappa shape index (κ2) is 4.18. The fraction of sp³-hybridized carbons (Fsp3) is 0. The number of hydrogen-bond donors (Lipinski definition) is 3. The van der Waals surface area contributed by atoms with Crippen LogP contribution < -0.4 is 11.2 Å². The van der Waals surface area contributed by atoms with Gasteiger partial charge in [-0.1, -0.05) is 18.2 Å². The highest BCUT2D eigenvalue weighted by molar-refractivity contribution is 7.84. The number of rotatable bonds is 2. The third kappa shape index (κ3) is 2.60. The van der Waals surface area contributed by atoms with Crippen molar-refractivity contribution in [3.05, 3.63) is 30.3 Å². The number of anilines is 1. The van der Waals surface area contributed by atoms with Gasteiger partial charge >= 0.3 is 0 Å². The summed E-state index contributed by atoms with van der Waals surface area (Å²) in [6.45, 7) is 0. The molecule has 0 spiro atoms. The van der Waals surface area contributed by atoms with E-state index in [0.717, 1.165) is 5.69 Å².